The van der Waals surface area contributed by atoms with E-state index in [1.165, 1.54) is 25.7 Å². The van der Waals surface area contributed by atoms with Gasteiger partial charge in [0, 0.05) is 6.21 Å². The van der Waals surface area contributed by atoms with Crippen LogP contribution in [-0.2, 0) is 11.0 Å². The molecule has 3 atom stereocenters. The van der Waals surface area contributed by atoms with Crippen molar-refractivity contribution in [3.8, 4) is 0 Å². The monoisotopic (exact) mass is 229 g/mol. The Morgan fingerprint density at radius 1 is 1.27 bits per heavy atom. The van der Waals surface area contributed by atoms with E-state index in [0.717, 1.165) is 0 Å². The summed E-state index contributed by atoms with van der Waals surface area (Å²) in [5, 5.41) is 0. The van der Waals surface area contributed by atoms with Gasteiger partial charge in [-0.25, -0.2) is 4.21 Å². The van der Waals surface area contributed by atoms with Crippen LogP contribution in [0.5, 0.6) is 0 Å². The van der Waals surface area contributed by atoms with Gasteiger partial charge in [0.15, 0.2) is 0 Å². The molecule has 0 aromatic rings. The van der Waals surface area contributed by atoms with Gasteiger partial charge in [0.05, 0.1) is 4.75 Å². The lowest BCUT2D eigenvalue weighted by molar-refractivity contribution is 0.329. The maximum absolute atomic E-state index is 11.7. The van der Waals surface area contributed by atoms with Crippen molar-refractivity contribution in [1.82, 2.24) is 0 Å². The summed E-state index contributed by atoms with van der Waals surface area (Å²) in [5.41, 5.74) is 0. The van der Waals surface area contributed by atoms with Crippen molar-refractivity contribution in [2.75, 3.05) is 0 Å². The molecule has 15 heavy (non-hydrogen) atoms. The minimum Gasteiger partial charge on any atom is -0.234 e. The molecule has 0 bridgehead atoms. The molecule has 1 fully saturated rings. The van der Waals surface area contributed by atoms with Crippen LogP contribution in [0.25, 0.3) is 0 Å². The molecule has 1 saturated carbocycles. The van der Waals surface area contributed by atoms with Crippen molar-refractivity contribution < 1.29 is 4.21 Å². The first-order valence-corrected chi connectivity index (χ1v) is 6.98. The smallest absolute Gasteiger partial charge is 0.144 e. The zero-order valence-corrected chi connectivity index (χ0v) is 11.1. The minimum absolute atomic E-state index is 0.228. The Labute approximate surface area is 96.2 Å². The van der Waals surface area contributed by atoms with E-state index >= 15 is 0 Å². The molecule has 0 aromatic carbocycles. The van der Waals surface area contributed by atoms with Gasteiger partial charge in [0.1, 0.15) is 11.0 Å². The van der Waals surface area contributed by atoms with Gasteiger partial charge in [-0.15, -0.1) is 0 Å². The van der Waals surface area contributed by atoms with Crippen LogP contribution in [0.15, 0.2) is 4.40 Å². The molecule has 88 valence electrons. The Balaban J connectivity index is 2.53. The summed E-state index contributed by atoms with van der Waals surface area (Å²) >= 11 is 0. The van der Waals surface area contributed by atoms with E-state index in [1.54, 1.807) is 0 Å². The zero-order valence-electron chi connectivity index (χ0n) is 10.3. The van der Waals surface area contributed by atoms with E-state index in [1.807, 2.05) is 27.0 Å². The minimum atomic E-state index is -1.08. The van der Waals surface area contributed by atoms with E-state index in [-0.39, 0.29) is 4.75 Å². The van der Waals surface area contributed by atoms with Gasteiger partial charge in [-0.2, -0.15) is 4.40 Å². The van der Waals surface area contributed by atoms with Crippen LogP contribution < -0.4 is 0 Å². The van der Waals surface area contributed by atoms with Gasteiger partial charge in [0.25, 0.3) is 0 Å². The molecule has 0 aliphatic heterocycles. The van der Waals surface area contributed by atoms with E-state index in [0.29, 0.717) is 11.8 Å². The third kappa shape index (κ3) is 4.06. The summed E-state index contributed by atoms with van der Waals surface area (Å²) in [5.74, 6) is 1.25. The molecule has 1 aliphatic carbocycles. The maximum Gasteiger partial charge on any atom is 0.144 e. The molecular formula is C12H23NOS. The number of hydrogen-bond acceptors (Lipinski definition) is 1. The molecule has 0 spiro atoms. The lowest BCUT2D eigenvalue weighted by Crippen LogP contribution is -2.22. The quantitative estimate of drug-likeness (QED) is 0.668. The highest BCUT2D eigenvalue weighted by atomic mass is 32.2. The summed E-state index contributed by atoms with van der Waals surface area (Å²) in [6, 6.07) is 0. The van der Waals surface area contributed by atoms with Crippen molar-refractivity contribution in [1.29, 1.82) is 0 Å². The average Bonchev–Trinajstić information content (AvgIpc) is 2.14. The van der Waals surface area contributed by atoms with Gasteiger partial charge in [-0.1, -0.05) is 26.2 Å². The molecular weight excluding hydrogens is 206 g/mol. The van der Waals surface area contributed by atoms with Crippen LogP contribution in [0, 0.1) is 11.8 Å². The SMILES string of the molecule is CC1CCCCC1C=NS(=O)C(C)(C)C. The highest BCUT2D eigenvalue weighted by Crippen LogP contribution is 2.28. The van der Waals surface area contributed by atoms with E-state index in [2.05, 4.69) is 11.3 Å². The Bertz CT molecular complexity index is 255. The molecule has 1 rings (SSSR count). The van der Waals surface area contributed by atoms with Gasteiger partial charge < -0.3 is 0 Å². The van der Waals surface area contributed by atoms with Crippen molar-refractivity contribution in [3.63, 3.8) is 0 Å². The summed E-state index contributed by atoms with van der Waals surface area (Å²) in [7, 11) is -1.08. The molecule has 0 aromatic heterocycles. The topological polar surface area (TPSA) is 29.4 Å². The van der Waals surface area contributed by atoms with Crippen LogP contribution in [0.2, 0.25) is 0 Å². The van der Waals surface area contributed by atoms with Crippen LogP contribution in [0.3, 0.4) is 0 Å². The fourth-order valence-corrected chi connectivity index (χ4v) is 2.44. The summed E-state index contributed by atoms with van der Waals surface area (Å²) < 4.78 is 15.7. The maximum atomic E-state index is 11.7. The third-order valence-electron chi connectivity index (χ3n) is 3.05. The molecule has 0 radical (unpaired) electrons. The van der Waals surface area contributed by atoms with Crippen LogP contribution in [0.4, 0.5) is 0 Å². The van der Waals surface area contributed by atoms with Gasteiger partial charge in [-0.3, -0.25) is 0 Å². The Morgan fingerprint density at radius 3 is 2.40 bits per heavy atom. The fraction of sp³-hybridized carbons (Fsp3) is 0.917. The molecule has 0 N–H and O–H groups in total. The number of rotatable bonds is 2. The van der Waals surface area contributed by atoms with Crippen molar-refractivity contribution >= 4 is 17.2 Å². The van der Waals surface area contributed by atoms with Crippen molar-refractivity contribution in [3.05, 3.63) is 0 Å². The first-order valence-electron chi connectivity index (χ1n) is 5.87. The number of hydrogen-bond donors (Lipinski definition) is 0. The van der Waals surface area contributed by atoms with E-state index in [4.69, 9.17) is 0 Å². The molecule has 3 heteroatoms. The van der Waals surface area contributed by atoms with Crippen LogP contribution in [-0.4, -0.2) is 15.2 Å². The average molecular weight is 229 g/mol. The van der Waals surface area contributed by atoms with Gasteiger partial charge >= 0.3 is 0 Å². The Hall–Kier alpha value is -0.180. The highest BCUT2D eigenvalue weighted by Gasteiger charge is 2.22. The molecule has 2 nitrogen and oxygen atoms in total. The van der Waals surface area contributed by atoms with Gasteiger partial charge in [0.2, 0.25) is 0 Å². The van der Waals surface area contributed by atoms with Gasteiger partial charge in [-0.05, 0) is 39.0 Å². The van der Waals surface area contributed by atoms with Crippen molar-refractivity contribution in [2.45, 2.75) is 58.1 Å². The molecule has 3 unspecified atom stereocenters. The molecule has 0 amide bonds. The lowest BCUT2D eigenvalue weighted by Gasteiger charge is -2.25. The predicted octanol–water partition coefficient (Wildman–Crippen LogP) is 3.35. The largest absolute Gasteiger partial charge is 0.234 e. The van der Waals surface area contributed by atoms with Crippen molar-refractivity contribution in [2.24, 2.45) is 16.2 Å². The summed E-state index contributed by atoms with van der Waals surface area (Å²) in [4.78, 5) is 0. The molecule has 0 saturated heterocycles. The second-order valence-electron chi connectivity index (χ2n) is 5.54. The van der Waals surface area contributed by atoms with Crippen LogP contribution >= 0.6 is 0 Å². The zero-order chi connectivity index (χ0) is 11.5. The lowest BCUT2D eigenvalue weighted by atomic mass is 9.81. The fourth-order valence-electron chi connectivity index (χ4n) is 1.86. The second kappa shape index (κ2) is 5.24. The first-order chi connectivity index (χ1) is 6.91. The molecule has 1 aliphatic rings. The van der Waals surface area contributed by atoms with E-state index < -0.39 is 11.0 Å². The van der Waals surface area contributed by atoms with E-state index in [9.17, 15) is 4.21 Å². The predicted molar refractivity (Wildman–Crippen MR) is 67.5 cm³/mol. The highest BCUT2D eigenvalue weighted by molar-refractivity contribution is 7.85. The molecule has 0 heterocycles. The summed E-state index contributed by atoms with van der Waals surface area (Å²) in [6.45, 7) is 8.16. The summed E-state index contributed by atoms with van der Waals surface area (Å²) in [6.07, 6.45) is 7.09. The Kier molecular flexibility index (Phi) is 4.50. The second-order valence-corrected chi connectivity index (χ2v) is 7.48. The standard InChI is InChI=1S/C12H23NOS/c1-10-7-5-6-8-11(10)9-13-15(14)12(2,3)4/h9-11H,5-8H2,1-4H3. The van der Waals surface area contributed by atoms with Crippen LogP contribution in [0.1, 0.15) is 53.4 Å². The first kappa shape index (κ1) is 12.9. The third-order valence-corrected chi connectivity index (χ3v) is 4.41. The normalized spacial score (nSPS) is 30.7. The Morgan fingerprint density at radius 2 is 1.87 bits per heavy atom. The number of nitrogens with zero attached hydrogens (tertiary/aromatic N) is 1.